The number of anilines is 1. The number of aromatic nitrogens is 1. The standard InChI is InChI=1S/C16H17Cl2N3O3S/c1-16(2,3)21-25(23,24)11-6-4-5-10(9-11)19-15(22)14-12(17)7-8-13(18)20-14/h4-9,21H,1-3H3,(H,19,22). The molecule has 0 aliphatic carbocycles. The largest absolute Gasteiger partial charge is 0.321 e. The molecule has 0 atom stereocenters. The summed E-state index contributed by atoms with van der Waals surface area (Å²) in [5.41, 5.74) is -0.383. The number of halogens is 2. The van der Waals surface area contributed by atoms with E-state index in [0.717, 1.165) is 0 Å². The van der Waals surface area contributed by atoms with Gasteiger partial charge < -0.3 is 5.32 Å². The summed E-state index contributed by atoms with van der Waals surface area (Å²) >= 11 is 11.7. The van der Waals surface area contributed by atoms with Crippen LogP contribution in [0.5, 0.6) is 0 Å². The Bertz CT molecular complexity index is 909. The van der Waals surface area contributed by atoms with Gasteiger partial charge in [-0.2, -0.15) is 0 Å². The number of nitrogens with zero attached hydrogens (tertiary/aromatic N) is 1. The fourth-order valence-corrected chi connectivity index (χ4v) is 3.77. The number of benzene rings is 1. The van der Waals surface area contributed by atoms with Crippen LogP contribution in [0.2, 0.25) is 10.2 Å². The predicted octanol–water partition coefficient (Wildman–Crippen LogP) is 3.72. The lowest BCUT2D eigenvalue weighted by atomic mass is 10.1. The van der Waals surface area contributed by atoms with Gasteiger partial charge in [0.05, 0.1) is 9.92 Å². The molecule has 2 N–H and O–H groups in total. The summed E-state index contributed by atoms with van der Waals surface area (Å²) in [6, 6.07) is 8.80. The van der Waals surface area contributed by atoms with Gasteiger partial charge in [0.15, 0.2) is 0 Å². The van der Waals surface area contributed by atoms with E-state index in [0.29, 0.717) is 5.69 Å². The van der Waals surface area contributed by atoms with Crippen molar-refractivity contribution in [2.24, 2.45) is 0 Å². The molecule has 0 bridgehead atoms. The van der Waals surface area contributed by atoms with Crippen LogP contribution in [0.4, 0.5) is 5.69 Å². The minimum Gasteiger partial charge on any atom is -0.321 e. The van der Waals surface area contributed by atoms with E-state index in [1.54, 1.807) is 26.8 Å². The van der Waals surface area contributed by atoms with Crippen molar-refractivity contribution < 1.29 is 13.2 Å². The fraction of sp³-hybridized carbons (Fsp3) is 0.250. The Labute approximate surface area is 156 Å². The average molecular weight is 402 g/mol. The van der Waals surface area contributed by atoms with Crippen molar-refractivity contribution in [3.63, 3.8) is 0 Å². The van der Waals surface area contributed by atoms with Crippen LogP contribution >= 0.6 is 23.2 Å². The predicted molar refractivity (Wildman–Crippen MR) is 98.7 cm³/mol. The van der Waals surface area contributed by atoms with Gasteiger partial charge in [0.2, 0.25) is 10.0 Å². The molecule has 0 saturated carbocycles. The van der Waals surface area contributed by atoms with E-state index < -0.39 is 21.5 Å². The van der Waals surface area contributed by atoms with Crippen molar-refractivity contribution in [2.75, 3.05) is 5.32 Å². The van der Waals surface area contributed by atoms with E-state index >= 15 is 0 Å². The molecule has 1 amide bonds. The van der Waals surface area contributed by atoms with E-state index in [4.69, 9.17) is 23.2 Å². The van der Waals surface area contributed by atoms with Crippen molar-refractivity contribution >= 4 is 44.8 Å². The third-order valence-corrected chi connectivity index (χ3v) is 5.14. The summed E-state index contributed by atoms with van der Waals surface area (Å²) in [7, 11) is -3.72. The van der Waals surface area contributed by atoms with Gasteiger partial charge in [-0.15, -0.1) is 0 Å². The third kappa shape index (κ3) is 5.40. The number of nitrogens with one attached hydrogen (secondary N) is 2. The molecule has 2 rings (SSSR count). The topological polar surface area (TPSA) is 88.2 Å². The molecule has 2 aromatic rings. The highest BCUT2D eigenvalue weighted by Crippen LogP contribution is 2.21. The smallest absolute Gasteiger partial charge is 0.275 e. The second kappa shape index (κ2) is 7.29. The first-order valence-corrected chi connectivity index (χ1v) is 9.49. The lowest BCUT2D eigenvalue weighted by Crippen LogP contribution is -2.40. The molecule has 0 aliphatic heterocycles. The fourth-order valence-electron chi connectivity index (χ4n) is 1.97. The summed E-state index contributed by atoms with van der Waals surface area (Å²) in [6.07, 6.45) is 0. The van der Waals surface area contributed by atoms with Gasteiger partial charge in [-0.05, 0) is 51.1 Å². The van der Waals surface area contributed by atoms with Crippen LogP contribution in [-0.4, -0.2) is 24.8 Å². The maximum Gasteiger partial charge on any atom is 0.275 e. The van der Waals surface area contributed by atoms with E-state index in [1.807, 2.05) is 0 Å². The van der Waals surface area contributed by atoms with Gasteiger partial charge in [-0.3, -0.25) is 4.79 Å². The van der Waals surface area contributed by atoms with Crippen LogP contribution in [0, 0.1) is 0 Å². The molecular weight excluding hydrogens is 385 g/mol. The van der Waals surface area contributed by atoms with Crippen LogP contribution in [0.1, 0.15) is 31.3 Å². The maximum absolute atomic E-state index is 12.4. The number of carbonyl (C=O) groups excluding carboxylic acids is 1. The molecule has 1 aromatic heterocycles. The number of amides is 1. The molecule has 0 unspecified atom stereocenters. The Kier molecular flexibility index (Phi) is 5.73. The highest BCUT2D eigenvalue weighted by atomic mass is 35.5. The molecule has 0 fully saturated rings. The molecule has 6 nitrogen and oxygen atoms in total. The molecule has 1 aromatic carbocycles. The van der Waals surface area contributed by atoms with Crippen LogP contribution in [0.3, 0.4) is 0 Å². The highest BCUT2D eigenvalue weighted by Gasteiger charge is 2.22. The molecular formula is C16H17Cl2N3O3S. The minimum atomic E-state index is -3.72. The van der Waals surface area contributed by atoms with Gasteiger partial charge in [-0.25, -0.2) is 18.1 Å². The normalized spacial score (nSPS) is 12.0. The van der Waals surface area contributed by atoms with Crippen molar-refractivity contribution in [3.8, 4) is 0 Å². The second-order valence-corrected chi connectivity index (χ2v) is 8.78. The minimum absolute atomic E-state index is 0.0328. The molecule has 1 heterocycles. The number of hydrogen-bond donors (Lipinski definition) is 2. The Balaban J connectivity index is 2.28. The summed E-state index contributed by atoms with van der Waals surface area (Å²) in [4.78, 5) is 16.2. The number of pyridine rings is 1. The van der Waals surface area contributed by atoms with Gasteiger partial charge in [-0.1, -0.05) is 29.3 Å². The molecule has 25 heavy (non-hydrogen) atoms. The number of rotatable bonds is 4. The number of hydrogen-bond acceptors (Lipinski definition) is 4. The zero-order valence-electron chi connectivity index (χ0n) is 13.8. The summed E-state index contributed by atoms with van der Waals surface area (Å²) < 4.78 is 27.3. The second-order valence-electron chi connectivity index (χ2n) is 6.30. The van der Waals surface area contributed by atoms with Crippen molar-refractivity contribution in [2.45, 2.75) is 31.2 Å². The molecule has 0 radical (unpaired) electrons. The van der Waals surface area contributed by atoms with E-state index in [1.165, 1.54) is 30.3 Å². The van der Waals surface area contributed by atoms with Crippen LogP contribution in [-0.2, 0) is 10.0 Å². The van der Waals surface area contributed by atoms with Gasteiger partial charge in [0.25, 0.3) is 5.91 Å². The highest BCUT2D eigenvalue weighted by molar-refractivity contribution is 7.89. The summed E-state index contributed by atoms with van der Waals surface area (Å²) in [6.45, 7) is 5.22. The Morgan fingerprint density at radius 3 is 2.44 bits per heavy atom. The molecule has 134 valence electrons. The first kappa shape index (κ1) is 19.7. The lowest BCUT2D eigenvalue weighted by molar-refractivity contribution is 0.102. The zero-order chi connectivity index (χ0) is 18.8. The van der Waals surface area contributed by atoms with Gasteiger partial charge in [0, 0.05) is 11.2 Å². The average Bonchev–Trinajstić information content (AvgIpc) is 2.47. The zero-order valence-corrected chi connectivity index (χ0v) is 16.1. The monoisotopic (exact) mass is 401 g/mol. The maximum atomic E-state index is 12.4. The Morgan fingerprint density at radius 2 is 1.80 bits per heavy atom. The lowest BCUT2D eigenvalue weighted by Gasteiger charge is -2.20. The number of carbonyl (C=O) groups is 1. The van der Waals surface area contributed by atoms with E-state index in [-0.39, 0.29) is 20.8 Å². The van der Waals surface area contributed by atoms with Gasteiger partial charge >= 0.3 is 0 Å². The molecule has 0 aliphatic rings. The summed E-state index contributed by atoms with van der Waals surface area (Å²) in [5, 5.41) is 2.83. The molecule has 9 heteroatoms. The summed E-state index contributed by atoms with van der Waals surface area (Å²) in [5.74, 6) is -0.592. The third-order valence-electron chi connectivity index (χ3n) is 2.87. The Hall–Kier alpha value is -1.67. The van der Waals surface area contributed by atoms with Crippen molar-refractivity contribution in [3.05, 3.63) is 52.3 Å². The SMILES string of the molecule is CC(C)(C)NS(=O)(=O)c1cccc(NC(=O)c2nc(Cl)ccc2Cl)c1. The van der Waals surface area contributed by atoms with Crippen LogP contribution in [0.15, 0.2) is 41.3 Å². The van der Waals surface area contributed by atoms with E-state index in [9.17, 15) is 13.2 Å². The van der Waals surface area contributed by atoms with Crippen molar-refractivity contribution in [1.82, 2.24) is 9.71 Å². The van der Waals surface area contributed by atoms with Crippen LogP contribution in [0.25, 0.3) is 0 Å². The first-order chi connectivity index (χ1) is 11.5. The van der Waals surface area contributed by atoms with E-state index in [2.05, 4.69) is 15.0 Å². The molecule has 0 spiro atoms. The number of sulfonamides is 1. The van der Waals surface area contributed by atoms with Crippen molar-refractivity contribution in [1.29, 1.82) is 0 Å². The van der Waals surface area contributed by atoms with Crippen LogP contribution < -0.4 is 10.0 Å². The Morgan fingerprint density at radius 1 is 1.12 bits per heavy atom. The molecule has 0 saturated heterocycles. The first-order valence-electron chi connectivity index (χ1n) is 7.25. The van der Waals surface area contributed by atoms with Gasteiger partial charge in [0.1, 0.15) is 10.8 Å². The quantitative estimate of drug-likeness (QED) is 0.763.